The van der Waals surface area contributed by atoms with Gasteiger partial charge < -0.3 is 0 Å². The van der Waals surface area contributed by atoms with Crippen molar-refractivity contribution in [3.8, 4) is 66.8 Å². The molecule has 0 saturated heterocycles. The number of rotatable bonds is 9. The summed E-state index contributed by atoms with van der Waals surface area (Å²) in [6.45, 7) is 26.9. The van der Waals surface area contributed by atoms with Crippen LogP contribution < -0.4 is 15.6 Å². The molecule has 0 spiro atoms. The lowest BCUT2D eigenvalue weighted by Gasteiger charge is -2.31. The lowest BCUT2D eigenvalue weighted by molar-refractivity contribution is 1.36. The Bertz CT molecular complexity index is 2750. The summed E-state index contributed by atoms with van der Waals surface area (Å²) in [5.74, 6) is 0. The molecule has 0 unspecified atom stereocenters. The van der Waals surface area contributed by atoms with Gasteiger partial charge in [-0.15, -0.1) is 11.1 Å². The molecule has 338 valence electrons. The highest BCUT2D eigenvalue weighted by Crippen LogP contribution is 2.39. The van der Waals surface area contributed by atoms with Crippen molar-refractivity contribution in [2.75, 3.05) is 0 Å². The van der Waals surface area contributed by atoms with Crippen molar-refractivity contribution in [2.24, 2.45) is 0 Å². The molecule has 9 aromatic carbocycles. The summed E-state index contributed by atoms with van der Waals surface area (Å²) < 4.78 is 0. The van der Waals surface area contributed by atoms with Crippen LogP contribution in [0.2, 0.25) is 0 Å². The van der Waals surface area contributed by atoms with E-state index in [1.165, 1.54) is 134 Å². The fourth-order valence-corrected chi connectivity index (χ4v) is 15.6. The van der Waals surface area contributed by atoms with Gasteiger partial charge in [0.25, 0.3) is 0 Å². The molecule has 0 bridgehead atoms. The fourth-order valence-electron chi connectivity index (χ4n) is 11.5. The molecule has 0 N–H and O–H groups in total. The van der Waals surface area contributed by atoms with Crippen LogP contribution in [0.4, 0.5) is 0 Å². The summed E-state index contributed by atoms with van der Waals surface area (Å²) in [6.07, 6.45) is 0. The van der Waals surface area contributed by atoms with E-state index in [-0.39, 0.29) is 0 Å². The molecule has 0 aromatic heterocycles. The van der Waals surface area contributed by atoms with E-state index in [0.717, 1.165) is 15.6 Å². The van der Waals surface area contributed by atoms with E-state index < -0.39 is 7.38 Å². The standard InChI is InChI=1S/C66H63ClSi/c1-40-19-13-20-41(2)61(40)52-31-53(62-42(3)21-14-22-43(62)4)35-58(34-52)68(67,59-36-54(63-44(5)23-15-24-45(63)6)32-55(37-59)64-46(7)25-16-26-47(64)8)60-38-56(65-48(9)27-17-28-49(65)10)33-57(39-60)66-50(11)29-18-30-51(66)12/h13-39H,1-12H3. The van der Waals surface area contributed by atoms with Gasteiger partial charge in [0.05, 0.1) is 0 Å². The highest BCUT2D eigenvalue weighted by Gasteiger charge is 2.41. The van der Waals surface area contributed by atoms with E-state index in [0.29, 0.717) is 0 Å². The zero-order chi connectivity index (χ0) is 48.2. The molecule has 0 aliphatic heterocycles. The highest BCUT2D eigenvalue weighted by atomic mass is 35.6. The monoisotopic (exact) mass is 918 g/mol. The molecule has 0 nitrogen and oxygen atoms in total. The molecule has 0 radical (unpaired) electrons. The summed E-state index contributed by atoms with van der Waals surface area (Å²) in [4.78, 5) is 0. The Morgan fingerprint density at radius 2 is 0.353 bits per heavy atom. The molecular formula is C66H63ClSi. The minimum Gasteiger partial charge on any atom is -0.149 e. The van der Waals surface area contributed by atoms with Gasteiger partial charge in [-0.3, -0.25) is 0 Å². The Kier molecular flexibility index (Phi) is 12.7. The molecule has 0 fully saturated rings. The third-order valence-electron chi connectivity index (χ3n) is 14.6. The number of halogens is 1. The lowest BCUT2D eigenvalue weighted by atomic mass is 9.90. The van der Waals surface area contributed by atoms with Gasteiger partial charge in [0, 0.05) is 0 Å². The molecule has 9 rings (SSSR count). The van der Waals surface area contributed by atoms with Gasteiger partial charge in [-0.1, -0.05) is 146 Å². The zero-order valence-electron chi connectivity index (χ0n) is 42.0. The Morgan fingerprint density at radius 3 is 0.485 bits per heavy atom. The van der Waals surface area contributed by atoms with Gasteiger partial charge in [-0.2, -0.15) is 0 Å². The molecule has 2 heteroatoms. The molecule has 68 heavy (non-hydrogen) atoms. The second kappa shape index (κ2) is 18.5. The summed E-state index contributed by atoms with van der Waals surface area (Å²) in [5.41, 5.74) is 29.7. The highest BCUT2D eigenvalue weighted by molar-refractivity contribution is 7.40. The van der Waals surface area contributed by atoms with Gasteiger partial charge in [0.1, 0.15) is 0 Å². The molecule has 0 heterocycles. The van der Waals surface area contributed by atoms with Gasteiger partial charge in [0.15, 0.2) is 0 Å². The van der Waals surface area contributed by atoms with Gasteiger partial charge in [-0.05, 0) is 250 Å². The van der Waals surface area contributed by atoms with Crippen LogP contribution in [0.15, 0.2) is 164 Å². The summed E-state index contributed by atoms with van der Waals surface area (Å²) in [6, 6.07) is 62.0. The number of aryl methyl sites for hydroxylation is 12. The zero-order valence-corrected chi connectivity index (χ0v) is 43.7. The number of hydrogen-bond acceptors (Lipinski definition) is 0. The van der Waals surface area contributed by atoms with E-state index >= 15 is 0 Å². The topological polar surface area (TPSA) is 0 Å². The maximum atomic E-state index is 9.29. The van der Waals surface area contributed by atoms with E-state index in [4.69, 9.17) is 0 Å². The first-order chi connectivity index (χ1) is 32.5. The van der Waals surface area contributed by atoms with Crippen LogP contribution in [0.5, 0.6) is 0 Å². The SMILES string of the molecule is Cc1cccc(C)c1-c1cc(-c2c(C)cccc2C)cc([Si](Cl)(c2cc(-c3c(C)cccc3C)cc(-c3c(C)cccc3C)c2)c2cc(-c3c(C)cccc3C)cc(-c3c(C)cccc3C)c2)c1. The quantitative estimate of drug-likeness (QED) is 0.0769. The van der Waals surface area contributed by atoms with E-state index in [2.05, 4.69) is 247 Å². The normalized spacial score (nSPS) is 11.6. The molecule has 0 aliphatic rings. The average Bonchev–Trinajstić information content (AvgIpc) is 3.28. The molecule has 0 aliphatic carbocycles. The minimum absolute atomic E-state index is 1.16. The number of hydrogen-bond donors (Lipinski definition) is 0. The van der Waals surface area contributed by atoms with Crippen LogP contribution in [-0.4, -0.2) is 7.38 Å². The molecule has 0 atom stereocenters. The van der Waals surface area contributed by atoms with Crippen molar-refractivity contribution < 1.29 is 0 Å². The average molecular weight is 920 g/mol. The van der Waals surface area contributed by atoms with Crippen molar-refractivity contribution in [1.29, 1.82) is 0 Å². The summed E-state index contributed by atoms with van der Waals surface area (Å²) in [5, 5.41) is 3.48. The molecule has 0 amide bonds. The van der Waals surface area contributed by atoms with Gasteiger partial charge in [0.2, 0.25) is 7.38 Å². The van der Waals surface area contributed by atoms with Crippen LogP contribution in [0.1, 0.15) is 66.8 Å². The third-order valence-corrected chi connectivity index (χ3v) is 19.8. The van der Waals surface area contributed by atoms with E-state index in [9.17, 15) is 11.1 Å². The van der Waals surface area contributed by atoms with Crippen molar-refractivity contribution in [3.63, 3.8) is 0 Å². The van der Waals surface area contributed by atoms with Crippen molar-refractivity contribution in [1.82, 2.24) is 0 Å². The predicted octanol–water partition coefficient (Wildman–Crippen LogP) is 16.6. The third kappa shape index (κ3) is 8.42. The number of benzene rings is 9. The second-order valence-corrected chi connectivity index (χ2v) is 24.4. The maximum Gasteiger partial charge on any atom is 0.248 e. The van der Waals surface area contributed by atoms with E-state index in [1.54, 1.807) is 0 Å². The molecular weight excluding hydrogens is 856 g/mol. The smallest absolute Gasteiger partial charge is 0.149 e. The van der Waals surface area contributed by atoms with Crippen molar-refractivity contribution in [3.05, 3.63) is 231 Å². The van der Waals surface area contributed by atoms with Crippen molar-refractivity contribution in [2.45, 2.75) is 83.1 Å². The first-order valence-electron chi connectivity index (χ1n) is 24.1. The lowest BCUT2D eigenvalue weighted by Crippen LogP contribution is -2.63. The van der Waals surface area contributed by atoms with E-state index in [1.807, 2.05) is 0 Å². The van der Waals surface area contributed by atoms with Gasteiger partial charge >= 0.3 is 0 Å². The van der Waals surface area contributed by atoms with Crippen LogP contribution in [0, 0.1) is 83.1 Å². The summed E-state index contributed by atoms with van der Waals surface area (Å²) in [7, 11) is -3.60. The Labute approximate surface area is 412 Å². The Morgan fingerprint density at radius 1 is 0.221 bits per heavy atom. The van der Waals surface area contributed by atoms with Gasteiger partial charge in [-0.25, -0.2) is 0 Å². The first-order valence-corrected chi connectivity index (χ1v) is 27.1. The predicted molar refractivity (Wildman–Crippen MR) is 299 cm³/mol. The maximum absolute atomic E-state index is 9.29. The van der Waals surface area contributed by atoms with Crippen LogP contribution in [-0.2, 0) is 0 Å². The minimum atomic E-state index is -3.60. The largest absolute Gasteiger partial charge is 0.248 e. The van der Waals surface area contributed by atoms with Crippen LogP contribution in [0.25, 0.3) is 66.8 Å². The first kappa shape index (κ1) is 46.6. The fraction of sp³-hybridized carbons (Fsp3) is 0.182. The Balaban J connectivity index is 1.50. The van der Waals surface area contributed by atoms with Crippen LogP contribution in [0.3, 0.4) is 0 Å². The Hall–Kier alpha value is -6.51. The van der Waals surface area contributed by atoms with Crippen molar-refractivity contribution >= 4 is 34.0 Å². The van der Waals surface area contributed by atoms with Crippen LogP contribution >= 0.6 is 11.1 Å². The second-order valence-electron chi connectivity index (χ2n) is 19.7. The molecule has 9 aromatic rings. The molecule has 0 saturated carbocycles. The summed E-state index contributed by atoms with van der Waals surface area (Å²) >= 11 is 9.29.